The molecule has 0 saturated heterocycles. The maximum absolute atomic E-state index is 12.5. The lowest BCUT2D eigenvalue weighted by atomic mass is 10.0. The highest BCUT2D eigenvalue weighted by atomic mass is 16.2. The summed E-state index contributed by atoms with van der Waals surface area (Å²) in [6, 6.07) is 24.4. The number of carbonyl (C=O) groups excluding carboxylic acids is 2. The molecule has 0 aliphatic heterocycles. The van der Waals surface area contributed by atoms with E-state index in [-0.39, 0.29) is 18.2 Å². The molecular formula is C23H22N2O2. The van der Waals surface area contributed by atoms with Crippen LogP contribution in [0.4, 0.5) is 5.69 Å². The van der Waals surface area contributed by atoms with Crippen LogP contribution in [0, 0.1) is 6.92 Å². The molecule has 1 amide bonds. The molecule has 0 saturated carbocycles. The van der Waals surface area contributed by atoms with E-state index in [4.69, 9.17) is 0 Å². The highest BCUT2D eigenvalue weighted by Gasteiger charge is 2.09. The van der Waals surface area contributed by atoms with Crippen molar-refractivity contribution in [1.29, 1.82) is 0 Å². The molecule has 136 valence electrons. The van der Waals surface area contributed by atoms with Crippen molar-refractivity contribution in [3.63, 3.8) is 0 Å². The molecule has 0 unspecified atom stereocenters. The molecule has 3 aromatic rings. The highest BCUT2D eigenvalue weighted by Crippen LogP contribution is 2.14. The van der Waals surface area contributed by atoms with Gasteiger partial charge in [-0.2, -0.15) is 0 Å². The van der Waals surface area contributed by atoms with Crippen LogP contribution >= 0.6 is 0 Å². The van der Waals surface area contributed by atoms with Gasteiger partial charge in [0.25, 0.3) is 0 Å². The van der Waals surface area contributed by atoms with Gasteiger partial charge in [-0.15, -0.1) is 0 Å². The smallest absolute Gasteiger partial charge is 0.239 e. The molecule has 4 nitrogen and oxygen atoms in total. The Morgan fingerprint density at radius 1 is 0.815 bits per heavy atom. The molecule has 0 radical (unpaired) electrons. The van der Waals surface area contributed by atoms with Crippen LogP contribution < -0.4 is 10.6 Å². The van der Waals surface area contributed by atoms with Crippen molar-refractivity contribution in [2.24, 2.45) is 0 Å². The van der Waals surface area contributed by atoms with E-state index in [1.807, 2.05) is 61.5 Å². The minimum absolute atomic E-state index is 0.0388. The second-order valence-corrected chi connectivity index (χ2v) is 6.40. The van der Waals surface area contributed by atoms with Gasteiger partial charge in [-0.1, -0.05) is 72.3 Å². The monoisotopic (exact) mass is 358 g/mol. The van der Waals surface area contributed by atoms with E-state index in [0.717, 1.165) is 11.3 Å². The topological polar surface area (TPSA) is 58.2 Å². The number of hydrogen-bond donors (Lipinski definition) is 2. The standard InChI is InChI=1S/C23H22N2O2/c1-17-7-5-8-18(13-17)15-25-22(26)16-24-21-12-6-11-20(14-21)23(27)19-9-3-2-4-10-19/h2-14,24H,15-16H2,1H3,(H,25,26). The van der Waals surface area contributed by atoms with Gasteiger partial charge in [0, 0.05) is 23.4 Å². The first-order chi connectivity index (χ1) is 13.1. The van der Waals surface area contributed by atoms with E-state index < -0.39 is 0 Å². The quantitative estimate of drug-likeness (QED) is 0.629. The highest BCUT2D eigenvalue weighted by molar-refractivity contribution is 6.09. The Hall–Kier alpha value is -3.40. The zero-order valence-corrected chi connectivity index (χ0v) is 15.2. The molecule has 0 aliphatic carbocycles. The molecule has 0 atom stereocenters. The maximum Gasteiger partial charge on any atom is 0.239 e. The molecule has 3 aromatic carbocycles. The predicted molar refractivity (Wildman–Crippen MR) is 108 cm³/mol. The largest absolute Gasteiger partial charge is 0.376 e. The summed E-state index contributed by atoms with van der Waals surface area (Å²) in [5.74, 6) is -0.139. The molecule has 27 heavy (non-hydrogen) atoms. The van der Waals surface area contributed by atoms with Crippen LogP contribution in [0.1, 0.15) is 27.0 Å². The van der Waals surface area contributed by atoms with Crippen LogP contribution in [-0.4, -0.2) is 18.2 Å². The van der Waals surface area contributed by atoms with Crippen molar-refractivity contribution >= 4 is 17.4 Å². The molecular weight excluding hydrogens is 336 g/mol. The van der Waals surface area contributed by atoms with E-state index in [9.17, 15) is 9.59 Å². The Morgan fingerprint density at radius 2 is 1.56 bits per heavy atom. The van der Waals surface area contributed by atoms with Gasteiger partial charge < -0.3 is 10.6 Å². The SMILES string of the molecule is Cc1cccc(CNC(=O)CNc2cccc(C(=O)c3ccccc3)c2)c1. The Kier molecular flexibility index (Phi) is 6.00. The van der Waals surface area contributed by atoms with Crippen molar-refractivity contribution < 1.29 is 9.59 Å². The Morgan fingerprint density at radius 3 is 2.33 bits per heavy atom. The number of rotatable bonds is 7. The summed E-state index contributed by atoms with van der Waals surface area (Å²) < 4.78 is 0. The summed E-state index contributed by atoms with van der Waals surface area (Å²) in [4.78, 5) is 24.6. The van der Waals surface area contributed by atoms with Gasteiger partial charge in [0.2, 0.25) is 5.91 Å². The number of amides is 1. The zero-order valence-electron chi connectivity index (χ0n) is 15.2. The minimum Gasteiger partial charge on any atom is -0.376 e. The van der Waals surface area contributed by atoms with E-state index in [1.54, 1.807) is 24.3 Å². The van der Waals surface area contributed by atoms with E-state index in [1.165, 1.54) is 5.56 Å². The molecule has 0 bridgehead atoms. The number of ketones is 1. The molecule has 0 aliphatic rings. The molecule has 0 fully saturated rings. The first-order valence-corrected chi connectivity index (χ1v) is 8.88. The number of nitrogens with one attached hydrogen (secondary N) is 2. The molecule has 0 aromatic heterocycles. The second-order valence-electron chi connectivity index (χ2n) is 6.40. The predicted octanol–water partition coefficient (Wildman–Crippen LogP) is 3.95. The zero-order chi connectivity index (χ0) is 19.1. The van der Waals surface area contributed by atoms with Gasteiger partial charge in [-0.3, -0.25) is 9.59 Å². The lowest BCUT2D eigenvalue weighted by molar-refractivity contribution is -0.119. The fourth-order valence-corrected chi connectivity index (χ4v) is 2.79. The maximum atomic E-state index is 12.5. The van der Waals surface area contributed by atoms with Crippen molar-refractivity contribution in [3.8, 4) is 0 Å². The van der Waals surface area contributed by atoms with Gasteiger partial charge in [0.1, 0.15) is 0 Å². The van der Waals surface area contributed by atoms with Crippen molar-refractivity contribution in [3.05, 3.63) is 101 Å². The van der Waals surface area contributed by atoms with Crippen LogP contribution in [-0.2, 0) is 11.3 Å². The number of benzene rings is 3. The van der Waals surface area contributed by atoms with Crippen molar-refractivity contribution in [1.82, 2.24) is 5.32 Å². The van der Waals surface area contributed by atoms with Gasteiger partial charge in [-0.25, -0.2) is 0 Å². The number of anilines is 1. The number of hydrogen-bond acceptors (Lipinski definition) is 3. The third-order valence-corrected chi connectivity index (χ3v) is 4.19. The second kappa shape index (κ2) is 8.81. The van der Waals surface area contributed by atoms with Crippen LogP contribution in [0.15, 0.2) is 78.9 Å². The van der Waals surface area contributed by atoms with Crippen LogP contribution in [0.3, 0.4) is 0 Å². The Bertz CT molecular complexity index is 936. The molecule has 0 spiro atoms. The average molecular weight is 358 g/mol. The normalized spacial score (nSPS) is 10.3. The summed E-state index contributed by atoms with van der Waals surface area (Å²) in [6.45, 7) is 2.67. The van der Waals surface area contributed by atoms with Crippen LogP contribution in [0.2, 0.25) is 0 Å². The van der Waals surface area contributed by atoms with E-state index in [0.29, 0.717) is 17.7 Å². The number of aryl methyl sites for hydroxylation is 1. The lowest BCUT2D eigenvalue weighted by Gasteiger charge is -2.09. The third kappa shape index (κ3) is 5.28. The summed E-state index contributed by atoms with van der Waals surface area (Å²) in [5.41, 5.74) is 4.21. The van der Waals surface area contributed by atoms with Crippen molar-refractivity contribution in [2.75, 3.05) is 11.9 Å². The third-order valence-electron chi connectivity index (χ3n) is 4.19. The first-order valence-electron chi connectivity index (χ1n) is 8.88. The molecule has 2 N–H and O–H groups in total. The summed E-state index contributed by atoms with van der Waals surface area (Å²) in [5, 5.41) is 5.97. The summed E-state index contributed by atoms with van der Waals surface area (Å²) >= 11 is 0. The Balaban J connectivity index is 1.55. The average Bonchev–Trinajstić information content (AvgIpc) is 2.71. The summed E-state index contributed by atoms with van der Waals surface area (Å²) in [7, 11) is 0. The van der Waals surface area contributed by atoms with Gasteiger partial charge in [-0.05, 0) is 24.6 Å². The van der Waals surface area contributed by atoms with E-state index in [2.05, 4.69) is 10.6 Å². The molecule has 3 rings (SSSR count). The van der Waals surface area contributed by atoms with Gasteiger partial charge in [0.05, 0.1) is 6.54 Å². The van der Waals surface area contributed by atoms with Crippen LogP contribution in [0.5, 0.6) is 0 Å². The molecule has 4 heteroatoms. The van der Waals surface area contributed by atoms with Gasteiger partial charge >= 0.3 is 0 Å². The Labute approximate surface area is 159 Å². The van der Waals surface area contributed by atoms with Crippen LogP contribution in [0.25, 0.3) is 0 Å². The number of carbonyl (C=O) groups is 2. The van der Waals surface area contributed by atoms with Gasteiger partial charge in [0.15, 0.2) is 5.78 Å². The fourth-order valence-electron chi connectivity index (χ4n) is 2.79. The lowest BCUT2D eigenvalue weighted by Crippen LogP contribution is -2.29. The first kappa shape index (κ1) is 18.4. The van der Waals surface area contributed by atoms with E-state index >= 15 is 0 Å². The summed E-state index contributed by atoms with van der Waals surface area (Å²) in [6.07, 6.45) is 0. The minimum atomic E-state index is -0.101. The van der Waals surface area contributed by atoms with Crippen molar-refractivity contribution in [2.45, 2.75) is 13.5 Å². The molecule has 0 heterocycles. The fraction of sp³-hybridized carbons (Fsp3) is 0.130.